The summed E-state index contributed by atoms with van der Waals surface area (Å²) in [4.78, 5) is 0. The minimum atomic E-state index is -6.17. The fraction of sp³-hybridized carbons (Fsp3) is 1.00. The van der Waals surface area contributed by atoms with Gasteiger partial charge in [-0.1, -0.05) is 107 Å². The minimum absolute atomic E-state index is 1.35. The zero-order chi connectivity index (χ0) is 30.5. The van der Waals surface area contributed by atoms with Crippen LogP contribution in [-0.2, 0) is 23.5 Å². The maximum atomic E-state index is 8.65. The molecule has 0 aromatic rings. The number of hydrogen-bond acceptors (Lipinski definition) is 4. The van der Waals surface area contributed by atoms with Crippen LogP contribution in [0.2, 0.25) is 0 Å². The van der Waals surface area contributed by atoms with E-state index in [4.69, 9.17) is 14.3 Å². The van der Waals surface area contributed by atoms with Gasteiger partial charge in [0.15, 0.2) is 0 Å². The first kappa shape index (κ1) is 43.6. The Bertz CT molecular complexity index is 466. The second-order valence-electron chi connectivity index (χ2n) is 11.7. The average molecular weight is 733 g/mol. The van der Waals surface area contributed by atoms with E-state index in [1.54, 1.807) is 0 Å². The quantitative estimate of drug-likeness (QED) is 0.0971. The van der Waals surface area contributed by atoms with Gasteiger partial charge in [-0.25, -0.2) is 0 Å². The van der Waals surface area contributed by atoms with Crippen molar-refractivity contribution in [2.24, 2.45) is 0 Å². The maximum absolute atomic E-state index is 8.65. The van der Waals surface area contributed by atoms with Crippen molar-refractivity contribution in [2.45, 2.75) is 158 Å². The van der Waals surface area contributed by atoms with Crippen molar-refractivity contribution in [1.29, 1.82) is 0 Å². The van der Waals surface area contributed by atoms with Crippen molar-refractivity contribution >= 4 is 0 Å². The molecule has 0 aromatic heterocycles. The first-order valence-electron chi connectivity index (χ1n) is 16.9. The zero-order valence-corrected chi connectivity index (χ0v) is 30.8. The molecule has 0 N–H and O–H groups in total. The van der Waals surface area contributed by atoms with Gasteiger partial charge < -0.3 is 8.97 Å². The molecule has 0 aliphatic rings. The van der Waals surface area contributed by atoms with Gasteiger partial charge in [0.1, 0.15) is 0 Å². The van der Waals surface area contributed by atoms with Gasteiger partial charge >= 0.3 is 31.1 Å². The molecule has 39 heavy (non-hydrogen) atoms. The van der Waals surface area contributed by atoms with Crippen molar-refractivity contribution in [3.8, 4) is 0 Å². The SMILES string of the molecule is CCCC[N+](CCCC)(CCCC)CCCC.CCCC[N+](CCCC)(CCCC)CCCC.[O]=[W](=[O])([O-])[O-]. The Hall–Kier alpha value is 0.128. The molecular weight excluding hydrogens is 660 g/mol. The van der Waals surface area contributed by atoms with E-state index in [0.717, 1.165) is 0 Å². The van der Waals surface area contributed by atoms with Crippen LogP contribution in [0.25, 0.3) is 0 Å². The second-order valence-corrected chi connectivity index (χ2v) is 14.6. The van der Waals surface area contributed by atoms with Crippen molar-refractivity contribution in [2.75, 3.05) is 52.4 Å². The van der Waals surface area contributed by atoms with Gasteiger partial charge in [-0.2, -0.15) is 0 Å². The van der Waals surface area contributed by atoms with Gasteiger partial charge in [0.05, 0.1) is 52.4 Å². The number of quaternary nitrogens is 2. The summed E-state index contributed by atoms with van der Waals surface area (Å²) < 4.78 is 37.4. The van der Waals surface area contributed by atoms with E-state index in [9.17, 15) is 0 Å². The Morgan fingerprint density at radius 2 is 0.462 bits per heavy atom. The second kappa shape index (κ2) is 29.6. The van der Waals surface area contributed by atoms with Gasteiger partial charge in [0.25, 0.3) is 0 Å². The van der Waals surface area contributed by atoms with E-state index in [1.807, 2.05) is 0 Å². The van der Waals surface area contributed by atoms with E-state index in [-0.39, 0.29) is 0 Å². The third kappa shape index (κ3) is 30.9. The van der Waals surface area contributed by atoms with Crippen molar-refractivity contribution in [3.63, 3.8) is 0 Å². The summed E-state index contributed by atoms with van der Waals surface area (Å²) in [5, 5.41) is 0. The fourth-order valence-corrected chi connectivity index (χ4v) is 5.29. The van der Waals surface area contributed by atoms with Crippen LogP contribution in [0.1, 0.15) is 158 Å². The van der Waals surface area contributed by atoms with Gasteiger partial charge in [-0.3, -0.25) is 0 Å². The topological polar surface area (TPSA) is 80.3 Å². The molecule has 0 aromatic carbocycles. The van der Waals surface area contributed by atoms with E-state index >= 15 is 0 Å². The molecule has 0 amide bonds. The molecule has 0 rings (SSSR count). The molecule has 0 radical (unpaired) electrons. The van der Waals surface area contributed by atoms with E-state index in [2.05, 4.69) is 55.4 Å². The van der Waals surface area contributed by atoms with Crippen LogP contribution in [0.3, 0.4) is 0 Å². The summed E-state index contributed by atoms with van der Waals surface area (Å²) in [7, 11) is 0. The number of rotatable bonds is 24. The molecule has 0 bridgehead atoms. The van der Waals surface area contributed by atoms with Gasteiger partial charge in [0.2, 0.25) is 0 Å². The van der Waals surface area contributed by atoms with Crippen LogP contribution >= 0.6 is 0 Å². The molecule has 0 spiro atoms. The molecule has 0 aliphatic heterocycles. The standard InChI is InChI=1S/2C16H36N.4O.W/c2*1-5-9-13-17(14-10-6-2,15-11-7-3)16-12-8-4;;;;;/h2*5-16H2,1-4H3;;;;;/q2*+1;;;2*-1;. The van der Waals surface area contributed by atoms with Crippen molar-refractivity contribution in [3.05, 3.63) is 0 Å². The molecule has 0 fully saturated rings. The summed E-state index contributed by atoms with van der Waals surface area (Å²) in [5.74, 6) is 0. The van der Waals surface area contributed by atoms with Crippen LogP contribution in [0.5, 0.6) is 0 Å². The number of unbranched alkanes of at least 4 members (excludes halogenated alkanes) is 8. The Morgan fingerprint density at radius 1 is 0.359 bits per heavy atom. The predicted octanol–water partition coefficient (Wildman–Crippen LogP) is 7.39. The molecule has 0 atom stereocenters. The fourth-order valence-electron chi connectivity index (χ4n) is 5.29. The van der Waals surface area contributed by atoms with Crippen LogP contribution in [-0.4, -0.2) is 61.3 Å². The molecule has 0 aliphatic carbocycles. The van der Waals surface area contributed by atoms with Crippen molar-refractivity contribution in [1.82, 2.24) is 0 Å². The molecule has 0 saturated carbocycles. The zero-order valence-electron chi connectivity index (χ0n) is 27.9. The Kier molecular flexibility index (Phi) is 33.1. The Morgan fingerprint density at radius 3 is 0.538 bits per heavy atom. The van der Waals surface area contributed by atoms with Crippen molar-refractivity contribution < 1.29 is 40.0 Å². The van der Waals surface area contributed by atoms with Gasteiger partial charge in [-0.05, 0) is 51.4 Å². The molecule has 6 nitrogen and oxygen atoms in total. The predicted molar refractivity (Wildman–Crippen MR) is 160 cm³/mol. The monoisotopic (exact) mass is 733 g/mol. The summed E-state index contributed by atoms with van der Waals surface area (Å²) in [5.41, 5.74) is 0. The molecule has 0 saturated heterocycles. The first-order chi connectivity index (χ1) is 18.5. The average Bonchev–Trinajstić information content (AvgIpc) is 2.91. The molecule has 240 valence electrons. The summed E-state index contributed by atoms with van der Waals surface area (Å²) in [6.45, 7) is 30.0. The molecule has 0 heterocycles. The Labute approximate surface area is 249 Å². The van der Waals surface area contributed by atoms with Crippen LogP contribution < -0.4 is 7.52 Å². The van der Waals surface area contributed by atoms with E-state index in [1.165, 1.54) is 164 Å². The summed E-state index contributed by atoms with van der Waals surface area (Å²) in [6.07, 6.45) is 22.1. The first-order valence-corrected chi connectivity index (χ1v) is 21.6. The van der Waals surface area contributed by atoms with Crippen LogP contribution in [0, 0.1) is 0 Å². The normalized spacial score (nSPS) is 11.9. The number of hydrogen-bond donors (Lipinski definition) is 0. The van der Waals surface area contributed by atoms with Gasteiger partial charge in [0, 0.05) is 0 Å². The van der Waals surface area contributed by atoms with E-state index in [0.29, 0.717) is 0 Å². The number of nitrogens with zero attached hydrogens (tertiary/aromatic N) is 2. The van der Waals surface area contributed by atoms with Crippen LogP contribution in [0.15, 0.2) is 0 Å². The third-order valence-electron chi connectivity index (χ3n) is 7.89. The van der Waals surface area contributed by atoms with Crippen LogP contribution in [0.4, 0.5) is 0 Å². The molecule has 0 unspecified atom stereocenters. The molecular formula is C32H72N2O4W. The third-order valence-corrected chi connectivity index (χ3v) is 7.89. The summed E-state index contributed by atoms with van der Waals surface area (Å²) in [6, 6.07) is 0. The van der Waals surface area contributed by atoms with Gasteiger partial charge in [-0.15, -0.1) is 0 Å². The summed E-state index contributed by atoms with van der Waals surface area (Å²) >= 11 is -6.17. The Balaban J connectivity index is -0.000000566. The van der Waals surface area contributed by atoms with E-state index < -0.39 is 16.7 Å². The molecule has 7 heteroatoms.